The lowest BCUT2D eigenvalue weighted by Gasteiger charge is -2.03. The minimum Gasteiger partial charge on any atom is -0.475 e. The number of nitro benzene ring substituents is 1. The van der Waals surface area contributed by atoms with Crippen LogP contribution in [0.15, 0.2) is 29.3 Å². The molecule has 1 aromatic rings. The first kappa shape index (κ1) is 14.4. The normalized spacial score (nSPS) is 18.4. The fourth-order valence-electron chi connectivity index (χ4n) is 1.59. The third kappa shape index (κ3) is 3.75. The Hall–Kier alpha value is -2.00. The van der Waals surface area contributed by atoms with E-state index in [-0.39, 0.29) is 18.9 Å². The van der Waals surface area contributed by atoms with E-state index in [9.17, 15) is 18.5 Å². The van der Waals surface area contributed by atoms with Crippen LogP contribution in [0.4, 0.5) is 5.69 Å². The zero-order chi connectivity index (χ0) is 14.8. The fraction of sp³-hybridized carbons (Fsp3) is 0.364. The second-order valence-electron chi connectivity index (χ2n) is 4.19. The molecular formula is C11H12N2O6S. The third-order valence-corrected chi connectivity index (χ3v) is 3.08. The predicted molar refractivity (Wildman–Crippen MR) is 70.2 cm³/mol. The van der Waals surface area contributed by atoms with Gasteiger partial charge in [-0.3, -0.25) is 14.3 Å². The second-order valence-corrected chi connectivity index (χ2v) is 5.84. The summed E-state index contributed by atoms with van der Waals surface area (Å²) in [4.78, 5) is 14.2. The van der Waals surface area contributed by atoms with Gasteiger partial charge in [0.05, 0.1) is 17.8 Å². The molecule has 0 saturated carbocycles. The van der Waals surface area contributed by atoms with Crippen molar-refractivity contribution in [3.8, 4) is 0 Å². The number of benzene rings is 1. The van der Waals surface area contributed by atoms with Crippen molar-refractivity contribution >= 4 is 21.7 Å². The Balaban J connectivity index is 2.04. The van der Waals surface area contributed by atoms with Gasteiger partial charge in [0.25, 0.3) is 15.8 Å². The maximum atomic E-state index is 10.9. The Kier molecular flexibility index (Phi) is 4.00. The average Bonchev–Trinajstić information content (AvgIpc) is 2.84. The monoisotopic (exact) mass is 300 g/mol. The first-order valence-corrected chi connectivity index (χ1v) is 7.46. The van der Waals surface area contributed by atoms with Gasteiger partial charge in [-0.2, -0.15) is 8.42 Å². The van der Waals surface area contributed by atoms with Gasteiger partial charge >= 0.3 is 0 Å². The molecule has 0 amide bonds. The number of hydrogen-bond donors (Lipinski definition) is 0. The molecule has 20 heavy (non-hydrogen) atoms. The Bertz CT molecular complexity index is 637. The predicted octanol–water partition coefficient (Wildman–Crippen LogP) is 0.716. The SMILES string of the molecule is CS(=O)(=O)OC[C@@H]1COC(c2ccc([N+](=O)[O-])cc2)=N1. The zero-order valence-electron chi connectivity index (χ0n) is 10.6. The molecule has 0 bridgehead atoms. The zero-order valence-corrected chi connectivity index (χ0v) is 11.4. The van der Waals surface area contributed by atoms with Gasteiger partial charge in [-0.1, -0.05) is 0 Å². The molecule has 0 spiro atoms. The lowest BCUT2D eigenvalue weighted by atomic mass is 10.2. The van der Waals surface area contributed by atoms with Crippen LogP contribution < -0.4 is 0 Å². The quantitative estimate of drug-likeness (QED) is 0.450. The highest BCUT2D eigenvalue weighted by Crippen LogP contribution is 2.16. The molecule has 8 nitrogen and oxygen atoms in total. The van der Waals surface area contributed by atoms with Gasteiger partial charge in [0.1, 0.15) is 12.6 Å². The fourth-order valence-corrected chi connectivity index (χ4v) is 1.99. The average molecular weight is 300 g/mol. The summed E-state index contributed by atoms with van der Waals surface area (Å²) in [6.45, 7) is 0.122. The van der Waals surface area contributed by atoms with Crippen molar-refractivity contribution in [3.63, 3.8) is 0 Å². The van der Waals surface area contributed by atoms with Crippen LogP contribution in [0, 0.1) is 10.1 Å². The molecule has 108 valence electrons. The Labute approximate surface area is 115 Å². The lowest BCUT2D eigenvalue weighted by molar-refractivity contribution is -0.384. The van der Waals surface area contributed by atoms with E-state index in [0.717, 1.165) is 6.26 Å². The number of nitrogens with zero attached hydrogens (tertiary/aromatic N) is 2. The van der Waals surface area contributed by atoms with E-state index in [1.54, 1.807) is 0 Å². The Morgan fingerprint density at radius 3 is 2.65 bits per heavy atom. The molecule has 1 aliphatic heterocycles. The molecule has 1 atom stereocenters. The smallest absolute Gasteiger partial charge is 0.269 e. The minimum atomic E-state index is -3.51. The number of nitro groups is 1. The standard InChI is InChI=1S/C11H12N2O6S/c1-20(16,17)19-7-9-6-18-11(12-9)8-2-4-10(5-3-8)13(14)15/h2-5,9H,6-7H2,1H3/t9-/m0/s1. The molecule has 0 fully saturated rings. The minimum absolute atomic E-state index is 0.0238. The maximum absolute atomic E-state index is 10.9. The summed E-state index contributed by atoms with van der Waals surface area (Å²) in [5, 5.41) is 10.5. The molecule has 0 N–H and O–H groups in total. The van der Waals surface area contributed by atoms with Crippen LogP contribution in [-0.2, 0) is 19.0 Å². The van der Waals surface area contributed by atoms with Crippen LogP contribution in [-0.4, -0.2) is 44.8 Å². The number of rotatable bonds is 5. The molecule has 0 radical (unpaired) electrons. The lowest BCUT2D eigenvalue weighted by Crippen LogP contribution is -2.17. The summed E-state index contributed by atoms with van der Waals surface area (Å²) in [5.74, 6) is 0.321. The largest absolute Gasteiger partial charge is 0.475 e. The van der Waals surface area contributed by atoms with Crippen molar-refractivity contribution < 1.29 is 22.3 Å². The maximum Gasteiger partial charge on any atom is 0.269 e. The molecule has 0 aliphatic carbocycles. The van der Waals surface area contributed by atoms with E-state index in [0.29, 0.717) is 11.5 Å². The Morgan fingerprint density at radius 1 is 1.45 bits per heavy atom. The molecule has 2 rings (SSSR count). The van der Waals surface area contributed by atoms with Crippen LogP contribution in [0.3, 0.4) is 0 Å². The van der Waals surface area contributed by atoms with Gasteiger partial charge in [0.15, 0.2) is 0 Å². The van der Waals surface area contributed by atoms with E-state index < -0.39 is 21.1 Å². The van der Waals surface area contributed by atoms with Crippen LogP contribution in [0.5, 0.6) is 0 Å². The number of hydrogen-bond acceptors (Lipinski definition) is 7. The second kappa shape index (κ2) is 5.55. The van der Waals surface area contributed by atoms with E-state index >= 15 is 0 Å². The van der Waals surface area contributed by atoms with Crippen LogP contribution in [0.25, 0.3) is 0 Å². The van der Waals surface area contributed by atoms with Crippen molar-refractivity contribution in [1.82, 2.24) is 0 Å². The molecule has 1 aromatic carbocycles. The van der Waals surface area contributed by atoms with Gasteiger partial charge in [0.2, 0.25) is 5.90 Å². The molecule has 9 heteroatoms. The van der Waals surface area contributed by atoms with Crippen LogP contribution >= 0.6 is 0 Å². The van der Waals surface area contributed by atoms with Crippen molar-refractivity contribution in [3.05, 3.63) is 39.9 Å². The summed E-state index contributed by atoms with van der Waals surface area (Å²) in [5.41, 5.74) is 0.571. The van der Waals surface area contributed by atoms with E-state index in [1.807, 2.05) is 0 Å². The first-order valence-electron chi connectivity index (χ1n) is 5.65. The van der Waals surface area contributed by atoms with Crippen LogP contribution in [0.1, 0.15) is 5.56 Å². The van der Waals surface area contributed by atoms with Gasteiger partial charge in [-0.15, -0.1) is 0 Å². The summed E-state index contributed by atoms with van der Waals surface area (Å²) in [7, 11) is -3.51. The van der Waals surface area contributed by atoms with E-state index in [1.165, 1.54) is 24.3 Å². The molecule has 1 aliphatic rings. The molecule has 1 heterocycles. The molecule has 0 saturated heterocycles. The highest BCUT2D eigenvalue weighted by atomic mass is 32.2. The van der Waals surface area contributed by atoms with Gasteiger partial charge < -0.3 is 4.74 Å². The topological polar surface area (TPSA) is 108 Å². The van der Waals surface area contributed by atoms with Crippen LogP contribution in [0.2, 0.25) is 0 Å². The summed E-state index contributed by atoms with van der Waals surface area (Å²) < 4.78 is 31.7. The van der Waals surface area contributed by atoms with Crippen molar-refractivity contribution in [2.45, 2.75) is 6.04 Å². The number of non-ortho nitro benzene ring substituents is 1. The number of aliphatic imine (C=N–C) groups is 1. The van der Waals surface area contributed by atoms with Gasteiger partial charge in [0, 0.05) is 17.7 Å². The Morgan fingerprint density at radius 2 is 2.10 bits per heavy atom. The van der Waals surface area contributed by atoms with Crippen molar-refractivity contribution in [1.29, 1.82) is 0 Å². The third-order valence-electron chi connectivity index (χ3n) is 2.51. The van der Waals surface area contributed by atoms with E-state index in [2.05, 4.69) is 9.18 Å². The highest BCUT2D eigenvalue weighted by molar-refractivity contribution is 7.85. The van der Waals surface area contributed by atoms with Gasteiger partial charge in [-0.05, 0) is 12.1 Å². The van der Waals surface area contributed by atoms with Gasteiger partial charge in [-0.25, -0.2) is 4.99 Å². The molecule has 0 unspecified atom stereocenters. The van der Waals surface area contributed by atoms with Crippen molar-refractivity contribution in [2.75, 3.05) is 19.5 Å². The molecule has 0 aromatic heterocycles. The summed E-state index contributed by atoms with van der Waals surface area (Å²) in [6, 6.07) is 5.34. The first-order chi connectivity index (χ1) is 9.35. The summed E-state index contributed by atoms with van der Waals surface area (Å²) >= 11 is 0. The molecular weight excluding hydrogens is 288 g/mol. The van der Waals surface area contributed by atoms with Crippen molar-refractivity contribution in [2.24, 2.45) is 4.99 Å². The summed E-state index contributed by atoms with van der Waals surface area (Å²) in [6.07, 6.45) is 0.962. The number of ether oxygens (including phenoxy) is 1. The highest BCUT2D eigenvalue weighted by Gasteiger charge is 2.22. The van der Waals surface area contributed by atoms with E-state index in [4.69, 9.17) is 4.74 Å².